The maximum Gasteiger partial charge on any atom is 0.144 e. The van der Waals surface area contributed by atoms with E-state index in [1.807, 2.05) is 48.8 Å². The molecule has 17 heavy (non-hydrogen) atoms. The van der Waals surface area contributed by atoms with Crippen molar-refractivity contribution in [2.45, 2.75) is 13.5 Å². The van der Waals surface area contributed by atoms with E-state index in [0.29, 0.717) is 0 Å². The Balaban J connectivity index is 2.26. The first-order valence-electron chi connectivity index (χ1n) is 5.67. The van der Waals surface area contributed by atoms with Crippen LogP contribution in [0.1, 0.15) is 12.6 Å². The van der Waals surface area contributed by atoms with Gasteiger partial charge in [0.05, 0.1) is 19.0 Å². The number of hydrogen-bond donors (Lipinski definition) is 0. The minimum absolute atomic E-state index is 0.790. The van der Waals surface area contributed by atoms with Crippen LogP contribution >= 0.6 is 0 Å². The molecule has 3 nitrogen and oxygen atoms in total. The second-order valence-electron chi connectivity index (χ2n) is 3.65. The van der Waals surface area contributed by atoms with Crippen molar-refractivity contribution < 1.29 is 4.74 Å². The smallest absolute Gasteiger partial charge is 0.144 e. The summed E-state index contributed by atoms with van der Waals surface area (Å²) in [6, 6.07) is 11.8. The Morgan fingerprint density at radius 2 is 2.06 bits per heavy atom. The number of hydrogen-bond acceptors (Lipinski definition) is 2. The van der Waals surface area contributed by atoms with Gasteiger partial charge in [-0.15, -0.1) is 0 Å². The van der Waals surface area contributed by atoms with E-state index in [4.69, 9.17) is 4.74 Å². The highest BCUT2D eigenvalue weighted by Crippen LogP contribution is 2.25. The maximum atomic E-state index is 5.25. The van der Waals surface area contributed by atoms with Gasteiger partial charge >= 0.3 is 0 Å². The Kier molecular flexibility index (Phi) is 3.60. The molecule has 2 rings (SSSR count). The van der Waals surface area contributed by atoms with Crippen LogP contribution in [-0.2, 0) is 6.54 Å². The van der Waals surface area contributed by atoms with Gasteiger partial charge in [-0.3, -0.25) is 4.99 Å². The SMILES string of the molecule is CCn1cccc1C=Nc1ccccc1OC. The second-order valence-corrected chi connectivity index (χ2v) is 3.65. The zero-order valence-electron chi connectivity index (χ0n) is 10.1. The largest absolute Gasteiger partial charge is 0.494 e. The fraction of sp³-hybridized carbons (Fsp3) is 0.214. The molecule has 0 saturated carbocycles. The van der Waals surface area contributed by atoms with Gasteiger partial charge in [-0.1, -0.05) is 12.1 Å². The maximum absolute atomic E-state index is 5.25. The Morgan fingerprint density at radius 1 is 1.24 bits per heavy atom. The first kappa shape index (κ1) is 11.5. The van der Waals surface area contributed by atoms with Gasteiger partial charge < -0.3 is 9.30 Å². The summed E-state index contributed by atoms with van der Waals surface area (Å²) < 4.78 is 7.39. The number of para-hydroxylation sites is 2. The summed E-state index contributed by atoms with van der Waals surface area (Å²) in [4.78, 5) is 4.46. The Hall–Kier alpha value is -2.03. The van der Waals surface area contributed by atoms with Crippen molar-refractivity contribution in [3.63, 3.8) is 0 Å². The molecule has 2 aromatic rings. The molecule has 0 amide bonds. The summed E-state index contributed by atoms with van der Waals surface area (Å²) in [5, 5.41) is 0. The molecule has 0 aliphatic carbocycles. The molecule has 0 aliphatic heterocycles. The number of aromatic nitrogens is 1. The van der Waals surface area contributed by atoms with Gasteiger partial charge in [-0.05, 0) is 31.2 Å². The highest BCUT2D eigenvalue weighted by molar-refractivity contribution is 5.81. The summed E-state index contributed by atoms with van der Waals surface area (Å²) in [5.41, 5.74) is 1.94. The standard InChI is InChI=1S/C14H16N2O/c1-3-16-10-6-7-12(16)11-15-13-8-4-5-9-14(13)17-2/h4-11H,3H2,1-2H3. The number of benzene rings is 1. The molecule has 88 valence electrons. The lowest BCUT2D eigenvalue weighted by atomic mass is 10.3. The van der Waals surface area contributed by atoms with Crippen LogP contribution in [-0.4, -0.2) is 17.9 Å². The predicted molar refractivity (Wildman–Crippen MR) is 70.4 cm³/mol. The van der Waals surface area contributed by atoms with Crippen LogP contribution in [0.4, 0.5) is 5.69 Å². The lowest BCUT2D eigenvalue weighted by molar-refractivity contribution is 0.416. The van der Waals surface area contributed by atoms with Crippen molar-refractivity contribution in [3.05, 3.63) is 48.3 Å². The van der Waals surface area contributed by atoms with E-state index in [9.17, 15) is 0 Å². The van der Waals surface area contributed by atoms with E-state index in [1.165, 1.54) is 0 Å². The molecule has 1 heterocycles. The third-order valence-corrected chi connectivity index (χ3v) is 2.63. The average Bonchev–Trinajstić information content (AvgIpc) is 2.84. The second kappa shape index (κ2) is 5.34. The Labute approximate surface area is 101 Å². The zero-order valence-corrected chi connectivity index (χ0v) is 10.1. The summed E-state index contributed by atoms with van der Waals surface area (Å²) in [6.45, 7) is 3.06. The van der Waals surface area contributed by atoms with Crippen molar-refractivity contribution in [1.82, 2.24) is 4.57 Å². The first-order chi connectivity index (χ1) is 8.35. The van der Waals surface area contributed by atoms with Gasteiger partial charge in [0, 0.05) is 12.7 Å². The minimum Gasteiger partial charge on any atom is -0.494 e. The van der Waals surface area contributed by atoms with E-state index in [0.717, 1.165) is 23.7 Å². The fourth-order valence-corrected chi connectivity index (χ4v) is 1.70. The quantitative estimate of drug-likeness (QED) is 0.738. The third-order valence-electron chi connectivity index (χ3n) is 2.63. The van der Waals surface area contributed by atoms with E-state index >= 15 is 0 Å². The van der Waals surface area contributed by atoms with Gasteiger partial charge in [0.25, 0.3) is 0 Å². The molecule has 0 atom stereocenters. The Bertz CT molecular complexity index is 514. The predicted octanol–water partition coefficient (Wildman–Crippen LogP) is 3.27. The van der Waals surface area contributed by atoms with Gasteiger partial charge in [0.15, 0.2) is 0 Å². The van der Waals surface area contributed by atoms with Gasteiger partial charge in [0.2, 0.25) is 0 Å². The minimum atomic E-state index is 0.790. The highest BCUT2D eigenvalue weighted by atomic mass is 16.5. The molecule has 0 radical (unpaired) electrons. The van der Waals surface area contributed by atoms with Crippen LogP contribution < -0.4 is 4.74 Å². The molecule has 1 aromatic heterocycles. The van der Waals surface area contributed by atoms with E-state index < -0.39 is 0 Å². The number of ether oxygens (including phenoxy) is 1. The summed E-state index contributed by atoms with van der Waals surface area (Å²) in [6.07, 6.45) is 3.91. The van der Waals surface area contributed by atoms with Gasteiger partial charge in [0.1, 0.15) is 11.4 Å². The molecule has 0 spiro atoms. The van der Waals surface area contributed by atoms with Crippen molar-refractivity contribution in [3.8, 4) is 5.75 Å². The molecule has 0 bridgehead atoms. The lowest BCUT2D eigenvalue weighted by Gasteiger charge is -2.03. The number of methoxy groups -OCH3 is 1. The van der Waals surface area contributed by atoms with Crippen LogP contribution in [0.2, 0.25) is 0 Å². The van der Waals surface area contributed by atoms with Crippen LogP contribution in [0.15, 0.2) is 47.6 Å². The molecule has 1 aromatic carbocycles. The Morgan fingerprint density at radius 3 is 2.82 bits per heavy atom. The first-order valence-corrected chi connectivity index (χ1v) is 5.67. The van der Waals surface area contributed by atoms with Crippen LogP contribution in [0.3, 0.4) is 0 Å². The van der Waals surface area contributed by atoms with Crippen molar-refractivity contribution in [1.29, 1.82) is 0 Å². The van der Waals surface area contributed by atoms with Crippen LogP contribution in [0, 0.1) is 0 Å². The monoisotopic (exact) mass is 228 g/mol. The third kappa shape index (κ3) is 2.56. The number of aryl methyl sites for hydroxylation is 1. The van der Waals surface area contributed by atoms with E-state index in [-0.39, 0.29) is 0 Å². The van der Waals surface area contributed by atoms with E-state index in [2.05, 4.69) is 16.5 Å². The molecule has 0 unspecified atom stereocenters. The summed E-state index contributed by atoms with van der Waals surface area (Å²) in [5.74, 6) is 0.790. The molecule has 0 aliphatic rings. The van der Waals surface area contributed by atoms with Crippen molar-refractivity contribution in [2.24, 2.45) is 4.99 Å². The molecular weight excluding hydrogens is 212 g/mol. The molecule has 0 fully saturated rings. The molecule has 3 heteroatoms. The highest BCUT2D eigenvalue weighted by Gasteiger charge is 1.99. The fourth-order valence-electron chi connectivity index (χ4n) is 1.70. The number of aliphatic imine (C=N–C) groups is 1. The van der Waals surface area contributed by atoms with E-state index in [1.54, 1.807) is 7.11 Å². The summed E-state index contributed by atoms with van der Waals surface area (Å²) >= 11 is 0. The number of nitrogens with zero attached hydrogens (tertiary/aromatic N) is 2. The van der Waals surface area contributed by atoms with Gasteiger partial charge in [-0.2, -0.15) is 0 Å². The van der Waals surface area contributed by atoms with Crippen molar-refractivity contribution in [2.75, 3.05) is 7.11 Å². The van der Waals surface area contributed by atoms with Gasteiger partial charge in [-0.25, -0.2) is 0 Å². The normalized spacial score (nSPS) is 10.9. The van der Waals surface area contributed by atoms with Crippen LogP contribution in [0.5, 0.6) is 5.75 Å². The molecule has 0 saturated heterocycles. The summed E-state index contributed by atoms with van der Waals surface area (Å²) in [7, 11) is 1.66. The van der Waals surface area contributed by atoms with Crippen molar-refractivity contribution >= 4 is 11.9 Å². The molecule has 0 N–H and O–H groups in total. The number of rotatable bonds is 4. The average molecular weight is 228 g/mol. The molecular formula is C14H16N2O. The topological polar surface area (TPSA) is 26.5 Å². The lowest BCUT2D eigenvalue weighted by Crippen LogP contribution is -1.97. The zero-order chi connectivity index (χ0) is 12.1. The van der Waals surface area contributed by atoms with Crippen LogP contribution in [0.25, 0.3) is 0 Å².